The molecule has 0 heterocycles. The highest BCUT2D eigenvalue weighted by molar-refractivity contribution is 5.74. The maximum atomic E-state index is 11.3. The summed E-state index contributed by atoms with van der Waals surface area (Å²) in [4.78, 5) is 23.7. The van der Waals surface area contributed by atoms with Gasteiger partial charge < -0.3 is 9.69 Å². The van der Waals surface area contributed by atoms with E-state index in [1.165, 1.54) is 6.92 Å². The van der Waals surface area contributed by atoms with Gasteiger partial charge in [0, 0.05) is 25.9 Å². The molecule has 0 bridgehead atoms. The van der Waals surface area contributed by atoms with Crippen LogP contribution in [0.15, 0.2) is 0 Å². The Labute approximate surface area is 86.5 Å². The van der Waals surface area contributed by atoms with E-state index in [0.717, 1.165) is 6.29 Å². The molecule has 0 saturated heterocycles. The summed E-state index contributed by atoms with van der Waals surface area (Å²) >= 11 is 0. The number of nitrogens with zero attached hydrogens (tertiary/aromatic N) is 1. The lowest BCUT2D eigenvalue weighted by Crippen LogP contribution is -2.48. The predicted octanol–water partition coefficient (Wildman–Crippen LogP) is 1.71. The maximum absolute atomic E-state index is 11.3. The Bertz CT molecular complexity index is 218. The van der Waals surface area contributed by atoms with Crippen molar-refractivity contribution in [1.29, 1.82) is 0 Å². The van der Waals surface area contributed by atoms with Crippen LogP contribution in [0.4, 0.5) is 0 Å². The Morgan fingerprint density at radius 2 is 1.79 bits per heavy atom. The molecule has 0 aromatic carbocycles. The van der Waals surface area contributed by atoms with E-state index < -0.39 is 0 Å². The van der Waals surface area contributed by atoms with Gasteiger partial charge in [0.25, 0.3) is 0 Å². The molecule has 3 heteroatoms. The van der Waals surface area contributed by atoms with E-state index >= 15 is 0 Å². The molecule has 0 N–H and O–H groups in total. The van der Waals surface area contributed by atoms with Crippen molar-refractivity contribution in [3.8, 4) is 0 Å². The molecule has 3 nitrogen and oxygen atoms in total. The molecule has 0 unspecified atom stereocenters. The third kappa shape index (κ3) is 3.13. The largest absolute Gasteiger partial charge is 0.342 e. The van der Waals surface area contributed by atoms with E-state index in [1.54, 1.807) is 11.9 Å². The van der Waals surface area contributed by atoms with Gasteiger partial charge in [0.05, 0.1) is 0 Å². The molecule has 0 aromatic heterocycles. The SMILES string of the molecule is CC(=O)N(C)[C@H]([C@@H](C)C=O)C(C)(C)C. The van der Waals surface area contributed by atoms with Gasteiger partial charge >= 0.3 is 0 Å². The number of hydrogen-bond acceptors (Lipinski definition) is 2. The summed E-state index contributed by atoms with van der Waals surface area (Å²) in [6.07, 6.45) is 0.912. The van der Waals surface area contributed by atoms with Gasteiger partial charge in [-0.25, -0.2) is 0 Å². The fourth-order valence-electron chi connectivity index (χ4n) is 1.99. The Hall–Kier alpha value is -0.860. The molecule has 14 heavy (non-hydrogen) atoms. The molecule has 0 aliphatic carbocycles. The lowest BCUT2D eigenvalue weighted by atomic mass is 9.79. The Morgan fingerprint density at radius 3 is 2.00 bits per heavy atom. The first-order valence-electron chi connectivity index (χ1n) is 4.90. The van der Waals surface area contributed by atoms with Crippen LogP contribution in [-0.4, -0.2) is 30.2 Å². The first-order valence-corrected chi connectivity index (χ1v) is 4.90. The van der Waals surface area contributed by atoms with Crippen LogP contribution in [-0.2, 0) is 9.59 Å². The van der Waals surface area contributed by atoms with Gasteiger partial charge in [-0.1, -0.05) is 27.7 Å². The van der Waals surface area contributed by atoms with Crippen LogP contribution in [0, 0.1) is 11.3 Å². The van der Waals surface area contributed by atoms with Crippen LogP contribution in [0.3, 0.4) is 0 Å². The summed E-state index contributed by atoms with van der Waals surface area (Å²) < 4.78 is 0. The van der Waals surface area contributed by atoms with Gasteiger partial charge in [0.1, 0.15) is 6.29 Å². The minimum absolute atomic E-state index is 0.00127. The summed E-state index contributed by atoms with van der Waals surface area (Å²) in [5.41, 5.74) is -0.0826. The number of carbonyl (C=O) groups is 2. The Kier molecular flexibility index (Phi) is 4.30. The molecule has 1 amide bonds. The van der Waals surface area contributed by atoms with Crippen LogP contribution in [0.25, 0.3) is 0 Å². The van der Waals surface area contributed by atoms with E-state index in [9.17, 15) is 9.59 Å². The van der Waals surface area contributed by atoms with Gasteiger partial charge in [0.15, 0.2) is 0 Å². The Balaban J connectivity index is 4.91. The zero-order chi connectivity index (χ0) is 11.5. The molecule has 0 aliphatic rings. The molecule has 0 radical (unpaired) electrons. The van der Waals surface area contributed by atoms with E-state index in [2.05, 4.69) is 0 Å². The highest BCUT2D eigenvalue weighted by Gasteiger charge is 2.34. The van der Waals surface area contributed by atoms with Crippen LogP contribution < -0.4 is 0 Å². The summed E-state index contributed by atoms with van der Waals surface area (Å²) in [5, 5.41) is 0. The number of rotatable bonds is 3. The second-order valence-electron chi connectivity index (χ2n) is 4.94. The highest BCUT2D eigenvalue weighted by atomic mass is 16.2. The molecular formula is C11H21NO2. The van der Waals surface area contributed by atoms with Gasteiger partial charge in [0.2, 0.25) is 5.91 Å². The topological polar surface area (TPSA) is 37.4 Å². The number of aldehydes is 1. The van der Waals surface area contributed by atoms with Gasteiger partial charge in [-0.3, -0.25) is 4.79 Å². The van der Waals surface area contributed by atoms with Gasteiger partial charge in [-0.15, -0.1) is 0 Å². The lowest BCUT2D eigenvalue weighted by molar-refractivity contribution is -0.134. The molecular weight excluding hydrogens is 178 g/mol. The second kappa shape index (κ2) is 4.58. The summed E-state index contributed by atoms with van der Waals surface area (Å²) in [6, 6.07) is -0.0440. The van der Waals surface area contributed by atoms with Crippen LogP contribution >= 0.6 is 0 Å². The van der Waals surface area contributed by atoms with Gasteiger partial charge in [-0.2, -0.15) is 0 Å². The first kappa shape index (κ1) is 13.1. The number of amides is 1. The highest BCUT2D eigenvalue weighted by Crippen LogP contribution is 2.28. The third-order valence-corrected chi connectivity index (χ3v) is 2.51. The fraction of sp³-hybridized carbons (Fsp3) is 0.818. The number of carbonyl (C=O) groups excluding carboxylic acids is 2. The zero-order valence-corrected chi connectivity index (χ0v) is 10.00. The number of hydrogen-bond donors (Lipinski definition) is 0. The van der Waals surface area contributed by atoms with Crippen molar-refractivity contribution in [2.45, 2.75) is 40.7 Å². The van der Waals surface area contributed by atoms with Crippen molar-refractivity contribution in [2.24, 2.45) is 11.3 Å². The molecule has 82 valence electrons. The summed E-state index contributed by atoms with van der Waals surface area (Å²) in [6.45, 7) is 9.49. The van der Waals surface area contributed by atoms with E-state index in [-0.39, 0.29) is 23.3 Å². The van der Waals surface area contributed by atoms with E-state index in [0.29, 0.717) is 0 Å². The average Bonchev–Trinajstić information content (AvgIpc) is 2.01. The third-order valence-electron chi connectivity index (χ3n) is 2.51. The van der Waals surface area contributed by atoms with Crippen LogP contribution in [0.5, 0.6) is 0 Å². The standard InChI is InChI=1S/C11H21NO2/c1-8(7-13)10(11(3,4)5)12(6)9(2)14/h7-8,10H,1-6H3/t8-,10+/m0/s1. The average molecular weight is 199 g/mol. The molecule has 0 aliphatic heterocycles. The van der Waals surface area contributed by atoms with Crippen LogP contribution in [0.1, 0.15) is 34.6 Å². The molecule has 0 rings (SSSR count). The normalized spacial score (nSPS) is 15.9. The smallest absolute Gasteiger partial charge is 0.219 e. The summed E-state index contributed by atoms with van der Waals surface area (Å²) in [7, 11) is 1.75. The zero-order valence-electron chi connectivity index (χ0n) is 10.00. The first-order chi connectivity index (χ1) is 6.21. The minimum Gasteiger partial charge on any atom is -0.342 e. The van der Waals surface area contributed by atoms with Crippen molar-refractivity contribution in [2.75, 3.05) is 7.05 Å². The van der Waals surface area contributed by atoms with Crippen molar-refractivity contribution < 1.29 is 9.59 Å². The van der Waals surface area contributed by atoms with E-state index in [4.69, 9.17) is 0 Å². The Morgan fingerprint density at radius 1 is 1.36 bits per heavy atom. The van der Waals surface area contributed by atoms with Crippen molar-refractivity contribution >= 4 is 12.2 Å². The fourth-order valence-corrected chi connectivity index (χ4v) is 1.99. The maximum Gasteiger partial charge on any atom is 0.219 e. The summed E-state index contributed by atoms with van der Waals surface area (Å²) in [5.74, 6) is -0.137. The monoisotopic (exact) mass is 199 g/mol. The predicted molar refractivity (Wildman–Crippen MR) is 56.9 cm³/mol. The van der Waals surface area contributed by atoms with Crippen molar-refractivity contribution in [1.82, 2.24) is 4.90 Å². The molecule has 0 saturated carbocycles. The molecule has 0 aromatic rings. The minimum atomic E-state index is -0.135. The molecule has 0 fully saturated rings. The van der Waals surface area contributed by atoms with Crippen molar-refractivity contribution in [3.05, 3.63) is 0 Å². The molecule has 2 atom stereocenters. The van der Waals surface area contributed by atoms with Crippen molar-refractivity contribution in [3.63, 3.8) is 0 Å². The quantitative estimate of drug-likeness (QED) is 0.649. The second-order valence-corrected chi connectivity index (χ2v) is 4.94. The molecule has 0 spiro atoms. The lowest BCUT2D eigenvalue weighted by Gasteiger charge is -2.39. The van der Waals surface area contributed by atoms with Gasteiger partial charge in [-0.05, 0) is 5.41 Å². The van der Waals surface area contributed by atoms with Crippen LogP contribution in [0.2, 0.25) is 0 Å². The van der Waals surface area contributed by atoms with E-state index in [1.807, 2.05) is 27.7 Å².